The maximum atomic E-state index is 4.84. The van der Waals surface area contributed by atoms with Crippen LogP contribution in [0.15, 0.2) is 6.07 Å². The number of nitrogens with zero attached hydrogens (tertiary/aromatic N) is 2. The molecule has 0 spiro atoms. The van der Waals surface area contributed by atoms with Crippen LogP contribution in [0.2, 0.25) is 0 Å². The van der Waals surface area contributed by atoms with Gasteiger partial charge in [0.2, 0.25) is 0 Å². The normalized spacial score (nSPS) is 19.7. The molecule has 0 bridgehead atoms. The number of aromatic nitrogens is 1. The maximum Gasteiger partial charge on any atom is 0.133 e. The van der Waals surface area contributed by atoms with Crippen LogP contribution in [0.3, 0.4) is 0 Å². The van der Waals surface area contributed by atoms with Crippen molar-refractivity contribution in [2.24, 2.45) is 11.3 Å². The zero-order valence-corrected chi connectivity index (χ0v) is 13.9. The van der Waals surface area contributed by atoms with E-state index in [0.29, 0.717) is 5.41 Å². The summed E-state index contributed by atoms with van der Waals surface area (Å²) in [6.45, 7) is 14.5. The summed E-state index contributed by atoms with van der Waals surface area (Å²) in [6.07, 6.45) is 1.27. The Morgan fingerprint density at radius 2 is 2.05 bits per heavy atom. The predicted octanol–water partition coefficient (Wildman–Crippen LogP) is 3.29. The molecule has 0 aromatic carbocycles. The summed E-state index contributed by atoms with van der Waals surface area (Å²) in [6, 6.07) is 2.19. The van der Waals surface area contributed by atoms with Crippen molar-refractivity contribution >= 4 is 5.82 Å². The van der Waals surface area contributed by atoms with Crippen molar-refractivity contribution < 1.29 is 0 Å². The Morgan fingerprint density at radius 3 is 2.60 bits per heavy atom. The van der Waals surface area contributed by atoms with Gasteiger partial charge in [0.1, 0.15) is 5.82 Å². The van der Waals surface area contributed by atoms with Crippen LogP contribution in [0.25, 0.3) is 0 Å². The Balaban J connectivity index is 2.29. The Kier molecular flexibility index (Phi) is 4.38. The van der Waals surface area contributed by atoms with Crippen molar-refractivity contribution in [3.05, 3.63) is 22.9 Å². The first-order chi connectivity index (χ1) is 9.32. The van der Waals surface area contributed by atoms with Crippen LogP contribution in [0.4, 0.5) is 5.82 Å². The average molecular weight is 275 g/mol. The molecule has 3 heteroatoms. The molecule has 112 valence electrons. The molecule has 1 aliphatic heterocycles. The highest BCUT2D eigenvalue weighted by Crippen LogP contribution is 2.36. The van der Waals surface area contributed by atoms with Crippen LogP contribution in [0.5, 0.6) is 0 Å². The highest BCUT2D eigenvalue weighted by molar-refractivity contribution is 5.52. The summed E-state index contributed by atoms with van der Waals surface area (Å²) in [7, 11) is 2.00. The van der Waals surface area contributed by atoms with Gasteiger partial charge >= 0.3 is 0 Å². The Morgan fingerprint density at radius 1 is 1.35 bits per heavy atom. The molecule has 2 rings (SSSR count). The third-order valence-electron chi connectivity index (χ3n) is 4.52. The van der Waals surface area contributed by atoms with Crippen LogP contribution in [-0.4, -0.2) is 25.1 Å². The van der Waals surface area contributed by atoms with E-state index in [4.69, 9.17) is 4.98 Å². The van der Waals surface area contributed by atoms with E-state index in [1.165, 1.54) is 23.4 Å². The molecular formula is C17H29N3. The van der Waals surface area contributed by atoms with E-state index < -0.39 is 0 Å². The van der Waals surface area contributed by atoms with E-state index in [2.05, 4.69) is 50.9 Å². The molecule has 0 radical (unpaired) electrons. The zero-order chi connectivity index (χ0) is 14.9. The van der Waals surface area contributed by atoms with Gasteiger partial charge in [-0.1, -0.05) is 20.8 Å². The summed E-state index contributed by atoms with van der Waals surface area (Å²) in [4.78, 5) is 7.33. The van der Waals surface area contributed by atoms with Crippen LogP contribution >= 0.6 is 0 Å². The Bertz CT molecular complexity index is 474. The SMILES string of the molecule is CNCc1c(C)cc(C)nc1N1CCC(C(C)(C)C)C1. The van der Waals surface area contributed by atoms with Crippen LogP contribution in [-0.2, 0) is 6.54 Å². The molecule has 0 amide bonds. The van der Waals surface area contributed by atoms with Crippen molar-refractivity contribution in [3.8, 4) is 0 Å². The molecule has 1 atom stereocenters. The standard InChI is InChI=1S/C17H29N3/c1-12-9-13(2)19-16(15(12)10-18-6)20-8-7-14(11-20)17(3,4)5/h9,14,18H,7-8,10-11H2,1-6H3. The highest BCUT2D eigenvalue weighted by atomic mass is 15.2. The van der Waals surface area contributed by atoms with Crippen molar-refractivity contribution in [2.45, 2.75) is 47.6 Å². The number of pyridine rings is 1. The van der Waals surface area contributed by atoms with Crippen molar-refractivity contribution in [1.82, 2.24) is 10.3 Å². The topological polar surface area (TPSA) is 28.2 Å². The van der Waals surface area contributed by atoms with Gasteiger partial charge in [0.05, 0.1) is 0 Å². The van der Waals surface area contributed by atoms with Gasteiger partial charge in [-0.3, -0.25) is 0 Å². The molecule has 1 fully saturated rings. The number of anilines is 1. The van der Waals surface area contributed by atoms with E-state index in [1.54, 1.807) is 0 Å². The second-order valence-corrected chi connectivity index (χ2v) is 7.21. The molecule has 0 saturated carbocycles. The van der Waals surface area contributed by atoms with Crippen LogP contribution in [0, 0.1) is 25.2 Å². The van der Waals surface area contributed by atoms with E-state index in [0.717, 1.165) is 31.2 Å². The van der Waals surface area contributed by atoms with E-state index in [-0.39, 0.29) is 0 Å². The molecule has 3 nitrogen and oxygen atoms in total. The minimum Gasteiger partial charge on any atom is -0.356 e. The molecule has 1 saturated heterocycles. The number of rotatable bonds is 3. The van der Waals surface area contributed by atoms with Gasteiger partial charge in [0, 0.05) is 30.9 Å². The fraction of sp³-hybridized carbons (Fsp3) is 0.706. The lowest BCUT2D eigenvalue weighted by Crippen LogP contribution is -2.28. The largest absolute Gasteiger partial charge is 0.356 e. The molecule has 1 aromatic heterocycles. The molecule has 1 N–H and O–H groups in total. The van der Waals surface area contributed by atoms with Crippen molar-refractivity contribution in [2.75, 3.05) is 25.0 Å². The third kappa shape index (κ3) is 3.14. The summed E-state index contributed by atoms with van der Waals surface area (Å²) in [5.41, 5.74) is 4.21. The van der Waals surface area contributed by atoms with Gasteiger partial charge in [-0.15, -0.1) is 0 Å². The summed E-state index contributed by atoms with van der Waals surface area (Å²) in [5.74, 6) is 1.95. The molecule has 0 aliphatic carbocycles. The minimum atomic E-state index is 0.386. The number of aryl methyl sites for hydroxylation is 2. The highest BCUT2D eigenvalue weighted by Gasteiger charge is 2.33. The second kappa shape index (κ2) is 5.72. The Labute approximate surface area is 123 Å². The first-order valence-electron chi connectivity index (χ1n) is 7.69. The molecule has 1 aliphatic rings. The number of nitrogens with one attached hydrogen (secondary N) is 1. The lowest BCUT2D eigenvalue weighted by atomic mass is 9.80. The lowest BCUT2D eigenvalue weighted by Gasteiger charge is -2.28. The van der Waals surface area contributed by atoms with Gasteiger partial charge in [0.25, 0.3) is 0 Å². The molecule has 1 aromatic rings. The zero-order valence-electron chi connectivity index (χ0n) is 13.9. The quantitative estimate of drug-likeness (QED) is 0.917. The second-order valence-electron chi connectivity index (χ2n) is 7.21. The fourth-order valence-electron chi connectivity index (χ4n) is 3.16. The third-order valence-corrected chi connectivity index (χ3v) is 4.52. The van der Waals surface area contributed by atoms with Gasteiger partial charge in [-0.25, -0.2) is 4.98 Å². The van der Waals surface area contributed by atoms with Gasteiger partial charge in [-0.2, -0.15) is 0 Å². The summed E-state index contributed by atoms with van der Waals surface area (Å²) < 4.78 is 0. The van der Waals surface area contributed by atoms with E-state index in [9.17, 15) is 0 Å². The number of hydrogen-bond acceptors (Lipinski definition) is 3. The van der Waals surface area contributed by atoms with E-state index in [1.807, 2.05) is 7.05 Å². The molecule has 1 unspecified atom stereocenters. The van der Waals surface area contributed by atoms with Gasteiger partial charge in [0.15, 0.2) is 0 Å². The van der Waals surface area contributed by atoms with Crippen molar-refractivity contribution in [3.63, 3.8) is 0 Å². The average Bonchev–Trinajstić information content (AvgIpc) is 2.81. The maximum absolute atomic E-state index is 4.84. The number of hydrogen-bond donors (Lipinski definition) is 1. The molecule has 2 heterocycles. The van der Waals surface area contributed by atoms with Crippen LogP contribution < -0.4 is 10.2 Å². The van der Waals surface area contributed by atoms with Gasteiger partial charge in [-0.05, 0) is 50.3 Å². The fourth-order valence-corrected chi connectivity index (χ4v) is 3.16. The van der Waals surface area contributed by atoms with Crippen LogP contribution in [0.1, 0.15) is 44.0 Å². The first kappa shape index (κ1) is 15.3. The Hall–Kier alpha value is -1.09. The molecular weight excluding hydrogens is 246 g/mol. The monoisotopic (exact) mass is 275 g/mol. The summed E-state index contributed by atoms with van der Waals surface area (Å²) in [5, 5.41) is 3.28. The van der Waals surface area contributed by atoms with Gasteiger partial charge < -0.3 is 10.2 Å². The summed E-state index contributed by atoms with van der Waals surface area (Å²) >= 11 is 0. The predicted molar refractivity (Wildman–Crippen MR) is 86.2 cm³/mol. The minimum absolute atomic E-state index is 0.386. The lowest BCUT2D eigenvalue weighted by molar-refractivity contribution is 0.263. The van der Waals surface area contributed by atoms with Crippen molar-refractivity contribution in [1.29, 1.82) is 0 Å². The van der Waals surface area contributed by atoms with E-state index >= 15 is 0 Å². The smallest absolute Gasteiger partial charge is 0.133 e. The first-order valence-corrected chi connectivity index (χ1v) is 7.69. The molecule has 20 heavy (non-hydrogen) atoms.